The number of nitrogens with zero attached hydrogens (tertiary/aromatic N) is 1. The molecule has 1 unspecified atom stereocenters. The third-order valence-corrected chi connectivity index (χ3v) is 2.71. The molecule has 0 aliphatic carbocycles. The van der Waals surface area contributed by atoms with Gasteiger partial charge in [-0.25, -0.2) is 0 Å². The fourth-order valence-electron chi connectivity index (χ4n) is 1.72. The van der Waals surface area contributed by atoms with E-state index in [2.05, 4.69) is 31.0 Å². The van der Waals surface area contributed by atoms with Crippen LogP contribution in [0.2, 0.25) is 0 Å². The first kappa shape index (κ1) is 15.4. The van der Waals surface area contributed by atoms with Gasteiger partial charge >= 0.3 is 0 Å². The summed E-state index contributed by atoms with van der Waals surface area (Å²) < 4.78 is 0. The molecule has 0 fully saturated rings. The van der Waals surface area contributed by atoms with E-state index >= 15 is 0 Å². The van der Waals surface area contributed by atoms with E-state index in [0.29, 0.717) is 12.6 Å². The Morgan fingerprint density at radius 2 is 2.00 bits per heavy atom. The summed E-state index contributed by atoms with van der Waals surface area (Å²) in [5.41, 5.74) is 5.51. The lowest BCUT2D eigenvalue weighted by molar-refractivity contribution is -0.126. The first-order chi connectivity index (χ1) is 7.54. The van der Waals surface area contributed by atoms with Crippen LogP contribution in [0.4, 0.5) is 0 Å². The van der Waals surface area contributed by atoms with Gasteiger partial charge in [-0.1, -0.05) is 6.92 Å². The minimum absolute atomic E-state index is 0.0712. The number of nitrogens with two attached hydrogens (primary N) is 1. The Balaban J connectivity index is 4.24. The van der Waals surface area contributed by atoms with Gasteiger partial charge in [0.15, 0.2) is 0 Å². The van der Waals surface area contributed by atoms with Gasteiger partial charge in [0.1, 0.15) is 0 Å². The van der Waals surface area contributed by atoms with Gasteiger partial charge in [-0.05, 0) is 40.2 Å². The summed E-state index contributed by atoms with van der Waals surface area (Å²) in [6.45, 7) is 10.6. The van der Waals surface area contributed by atoms with Crippen molar-refractivity contribution in [2.24, 2.45) is 5.73 Å². The first-order valence-electron chi connectivity index (χ1n) is 6.28. The molecule has 0 radical (unpaired) electrons. The first-order valence-corrected chi connectivity index (χ1v) is 6.28. The van der Waals surface area contributed by atoms with E-state index in [1.807, 2.05) is 6.92 Å². The van der Waals surface area contributed by atoms with Crippen molar-refractivity contribution < 1.29 is 4.79 Å². The molecule has 4 heteroatoms. The zero-order chi connectivity index (χ0) is 12.6. The second kappa shape index (κ2) is 8.53. The third-order valence-electron chi connectivity index (χ3n) is 2.71. The molecule has 3 N–H and O–H groups in total. The highest BCUT2D eigenvalue weighted by Crippen LogP contribution is 2.06. The predicted octanol–water partition coefficient (Wildman–Crippen LogP) is 0.960. The number of rotatable bonds is 8. The van der Waals surface area contributed by atoms with Crippen molar-refractivity contribution in [2.75, 3.05) is 19.6 Å². The predicted molar refractivity (Wildman–Crippen MR) is 68.3 cm³/mol. The molecule has 0 aliphatic heterocycles. The summed E-state index contributed by atoms with van der Waals surface area (Å²) in [4.78, 5) is 14.0. The van der Waals surface area contributed by atoms with Crippen molar-refractivity contribution in [1.29, 1.82) is 0 Å². The number of nitrogens with one attached hydrogen (secondary N) is 1. The lowest BCUT2D eigenvalue weighted by Gasteiger charge is -2.31. The van der Waals surface area contributed by atoms with Crippen molar-refractivity contribution >= 4 is 5.91 Å². The summed E-state index contributed by atoms with van der Waals surface area (Å²) in [7, 11) is 0. The van der Waals surface area contributed by atoms with Crippen LogP contribution in [0.3, 0.4) is 0 Å². The molecule has 1 amide bonds. The zero-order valence-electron chi connectivity index (χ0n) is 11.1. The zero-order valence-corrected chi connectivity index (χ0v) is 11.1. The monoisotopic (exact) mass is 229 g/mol. The summed E-state index contributed by atoms with van der Waals surface area (Å²) in [5, 5.41) is 2.93. The molecule has 0 aromatic carbocycles. The molecule has 0 heterocycles. The average Bonchev–Trinajstić information content (AvgIpc) is 2.25. The number of amides is 1. The van der Waals surface area contributed by atoms with Crippen LogP contribution in [0, 0.1) is 0 Å². The number of hydrogen-bond acceptors (Lipinski definition) is 3. The summed E-state index contributed by atoms with van der Waals surface area (Å²) in [5.74, 6) is 0.118. The quantitative estimate of drug-likeness (QED) is 0.652. The van der Waals surface area contributed by atoms with Crippen LogP contribution in [0.1, 0.15) is 40.5 Å². The molecule has 1 atom stereocenters. The van der Waals surface area contributed by atoms with Gasteiger partial charge < -0.3 is 11.1 Å². The topological polar surface area (TPSA) is 58.4 Å². The Morgan fingerprint density at radius 1 is 1.38 bits per heavy atom. The largest absolute Gasteiger partial charge is 0.355 e. The van der Waals surface area contributed by atoms with E-state index in [1.165, 1.54) is 0 Å². The maximum Gasteiger partial charge on any atom is 0.237 e. The molecule has 16 heavy (non-hydrogen) atoms. The highest BCUT2D eigenvalue weighted by Gasteiger charge is 2.22. The van der Waals surface area contributed by atoms with Gasteiger partial charge in [0.05, 0.1) is 6.04 Å². The van der Waals surface area contributed by atoms with E-state index in [-0.39, 0.29) is 11.9 Å². The molecule has 0 spiro atoms. The lowest BCUT2D eigenvalue weighted by atomic mass is 10.2. The van der Waals surface area contributed by atoms with Crippen LogP contribution >= 0.6 is 0 Å². The molecule has 0 rings (SSSR count). The Bertz CT molecular complexity index is 195. The van der Waals surface area contributed by atoms with Crippen LogP contribution < -0.4 is 11.1 Å². The molecule has 0 saturated heterocycles. The normalized spacial score (nSPS) is 13.2. The second-order valence-corrected chi connectivity index (χ2v) is 4.44. The van der Waals surface area contributed by atoms with Gasteiger partial charge in [0.25, 0.3) is 0 Å². The van der Waals surface area contributed by atoms with Gasteiger partial charge in [0, 0.05) is 19.1 Å². The fraction of sp³-hybridized carbons (Fsp3) is 0.917. The van der Waals surface area contributed by atoms with Crippen molar-refractivity contribution in [3.05, 3.63) is 0 Å². The Kier molecular flexibility index (Phi) is 8.21. The van der Waals surface area contributed by atoms with Gasteiger partial charge in [-0.3, -0.25) is 9.69 Å². The maximum atomic E-state index is 11.8. The lowest BCUT2D eigenvalue weighted by Crippen LogP contribution is -2.48. The van der Waals surface area contributed by atoms with Crippen LogP contribution in [0.15, 0.2) is 0 Å². The van der Waals surface area contributed by atoms with Crippen LogP contribution in [-0.4, -0.2) is 42.5 Å². The molecular formula is C12H27N3O. The molecule has 0 bridgehead atoms. The summed E-state index contributed by atoms with van der Waals surface area (Å²) >= 11 is 0. The van der Waals surface area contributed by atoms with Crippen molar-refractivity contribution in [2.45, 2.75) is 52.6 Å². The van der Waals surface area contributed by atoms with Gasteiger partial charge in [0.2, 0.25) is 5.91 Å². The average molecular weight is 229 g/mol. The SMILES string of the molecule is CCCNC(=O)C(C)N(CCCN)C(C)C. The van der Waals surface area contributed by atoms with E-state index < -0.39 is 0 Å². The van der Waals surface area contributed by atoms with Crippen LogP contribution in [0.5, 0.6) is 0 Å². The van der Waals surface area contributed by atoms with Crippen LogP contribution in [-0.2, 0) is 4.79 Å². The van der Waals surface area contributed by atoms with Crippen molar-refractivity contribution in [1.82, 2.24) is 10.2 Å². The maximum absolute atomic E-state index is 11.8. The molecule has 0 saturated carbocycles. The van der Waals surface area contributed by atoms with Gasteiger partial charge in [-0.2, -0.15) is 0 Å². The molecule has 0 aromatic rings. The number of hydrogen-bond donors (Lipinski definition) is 2. The van der Waals surface area contributed by atoms with E-state index in [4.69, 9.17) is 5.73 Å². The third kappa shape index (κ3) is 5.47. The van der Waals surface area contributed by atoms with E-state index in [0.717, 1.165) is 25.9 Å². The Labute approximate surface area is 99.6 Å². The van der Waals surface area contributed by atoms with E-state index in [1.54, 1.807) is 0 Å². The summed E-state index contributed by atoms with van der Waals surface area (Å²) in [6.07, 6.45) is 1.91. The molecule has 4 nitrogen and oxygen atoms in total. The smallest absolute Gasteiger partial charge is 0.237 e. The van der Waals surface area contributed by atoms with Crippen LogP contribution in [0.25, 0.3) is 0 Å². The highest BCUT2D eigenvalue weighted by molar-refractivity contribution is 5.81. The molecular weight excluding hydrogens is 202 g/mol. The minimum Gasteiger partial charge on any atom is -0.355 e. The molecule has 0 aromatic heterocycles. The van der Waals surface area contributed by atoms with Crippen molar-refractivity contribution in [3.8, 4) is 0 Å². The van der Waals surface area contributed by atoms with Gasteiger partial charge in [-0.15, -0.1) is 0 Å². The van der Waals surface area contributed by atoms with E-state index in [9.17, 15) is 4.79 Å². The molecule has 96 valence electrons. The molecule has 0 aliphatic rings. The highest BCUT2D eigenvalue weighted by atomic mass is 16.2. The van der Waals surface area contributed by atoms with Crippen molar-refractivity contribution in [3.63, 3.8) is 0 Å². The standard InChI is InChI=1S/C12H27N3O/c1-5-8-14-12(16)11(4)15(10(2)3)9-6-7-13/h10-11H,5-9,13H2,1-4H3,(H,14,16). The minimum atomic E-state index is -0.0712. The number of carbonyl (C=O) groups is 1. The fourth-order valence-corrected chi connectivity index (χ4v) is 1.72. The second-order valence-electron chi connectivity index (χ2n) is 4.44. The Morgan fingerprint density at radius 3 is 2.44 bits per heavy atom. The summed E-state index contributed by atoms with van der Waals surface area (Å²) in [6, 6.07) is 0.298. The Hall–Kier alpha value is -0.610. The number of carbonyl (C=O) groups excluding carboxylic acids is 1.